The fraction of sp³-hybridized carbons (Fsp3) is 0.545. The van der Waals surface area contributed by atoms with Crippen molar-refractivity contribution in [2.24, 2.45) is 0 Å². The number of anilines is 2. The Morgan fingerprint density at radius 2 is 1.48 bits per heavy atom. The van der Waals surface area contributed by atoms with Crippen LogP contribution in [0.1, 0.15) is 18.9 Å². The van der Waals surface area contributed by atoms with E-state index in [4.69, 9.17) is 43.8 Å². The number of halogens is 1. The molecule has 4 saturated heterocycles. The Hall–Kier alpha value is -2.49. The van der Waals surface area contributed by atoms with Gasteiger partial charge in [0, 0.05) is 6.42 Å². The van der Waals surface area contributed by atoms with E-state index in [1.54, 1.807) is 4.57 Å². The third-order valence-corrected chi connectivity index (χ3v) is 11.4. The van der Waals surface area contributed by atoms with Crippen molar-refractivity contribution >= 4 is 72.1 Å². The van der Waals surface area contributed by atoms with Crippen molar-refractivity contribution in [2.45, 2.75) is 55.1 Å². The van der Waals surface area contributed by atoms with Crippen molar-refractivity contribution < 1.29 is 45.8 Å². The third-order valence-electron chi connectivity index (χ3n) is 8.19. The highest BCUT2D eigenvalue weighted by Crippen LogP contribution is 2.63. The number of nitrogens with two attached hydrogens (primary N) is 2. The topological polar surface area (TPSA) is 238 Å². The minimum atomic E-state index is -4.38. The van der Waals surface area contributed by atoms with Crippen LogP contribution in [0.3, 0.4) is 0 Å². The molecule has 19 nitrogen and oxygen atoms in total. The number of rotatable bonds is 2. The van der Waals surface area contributed by atoms with Crippen LogP contribution in [0.15, 0.2) is 25.3 Å². The van der Waals surface area contributed by atoms with E-state index >= 15 is 4.39 Å². The molecule has 46 heavy (non-hydrogen) atoms. The summed E-state index contributed by atoms with van der Waals surface area (Å²) in [5.74, 6) is 0.237. The summed E-state index contributed by atoms with van der Waals surface area (Å²) < 4.78 is 87.5. The summed E-state index contributed by atoms with van der Waals surface area (Å²) in [5.41, 5.74) is 11.5. The SMILES string of the molecule is Nc1ncnc2c1ncn2[C@@H]1O[C@@H]2CCO[P@@](=O)(S)O[C@H]3[C@H]4OC[C@]3(CO[P@@](=O)(S)O[C@@H]1[C@@H]2F)O[C@H]4n1cnc2c(N)ncnc21. The maximum absolute atomic E-state index is 16.0. The van der Waals surface area contributed by atoms with Gasteiger partial charge in [-0.25, -0.2) is 43.4 Å². The second-order valence-corrected chi connectivity index (χ2v) is 16.7. The molecule has 24 heteroatoms. The summed E-state index contributed by atoms with van der Waals surface area (Å²) in [5, 5.41) is 0. The molecule has 4 aliphatic heterocycles. The maximum Gasteiger partial charge on any atom is 0.386 e. The van der Waals surface area contributed by atoms with E-state index in [0.29, 0.717) is 11.2 Å². The lowest BCUT2D eigenvalue weighted by Gasteiger charge is -2.33. The van der Waals surface area contributed by atoms with Crippen LogP contribution in [0.4, 0.5) is 16.0 Å². The lowest BCUT2D eigenvalue weighted by molar-refractivity contribution is -0.182. The minimum Gasteiger partial charge on any atom is -0.382 e. The van der Waals surface area contributed by atoms with E-state index in [0.717, 1.165) is 0 Å². The average molecular weight is 719 g/mol. The first-order valence-corrected chi connectivity index (χ1v) is 19.1. The Morgan fingerprint density at radius 3 is 2.15 bits per heavy atom. The Balaban J connectivity index is 1.13. The molecule has 4 bridgehead atoms. The van der Waals surface area contributed by atoms with Gasteiger partial charge in [-0.2, -0.15) is 0 Å². The first kappa shape index (κ1) is 30.8. The zero-order chi connectivity index (χ0) is 32.0. The molecule has 0 saturated carbocycles. The summed E-state index contributed by atoms with van der Waals surface area (Å²) in [7, 11) is 0. The zero-order valence-corrected chi connectivity index (χ0v) is 26.8. The van der Waals surface area contributed by atoms with Crippen LogP contribution in [-0.4, -0.2) is 95.0 Å². The van der Waals surface area contributed by atoms with Gasteiger partial charge in [0.25, 0.3) is 0 Å². The molecule has 4 N–H and O–H groups in total. The summed E-state index contributed by atoms with van der Waals surface area (Å²) in [6.45, 7) is -9.48. The molecule has 4 aromatic rings. The predicted octanol–water partition coefficient (Wildman–Crippen LogP) is 2.02. The van der Waals surface area contributed by atoms with Gasteiger partial charge in [-0.05, 0) is 0 Å². The molecule has 10 atom stereocenters. The van der Waals surface area contributed by atoms with Crippen molar-refractivity contribution in [1.82, 2.24) is 39.0 Å². The smallest absolute Gasteiger partial charge is 0.382 e. The molecule has 246 valence electrons. The highest BCUT2D eigenvalue weighted by atomic mass is 32.7. The van der Waals surface area contributed by atoms with Crippen LogP contribution in [0.5, 0.6) is 0 Å². The highest BCUT2D eigenvalue weighted by Gasteiger charge is 2.65. The summed E-state index contributed by atoms with van der Waals surface area (Å²) in [6, 6.07) is 0. The molecule has 4 fully saturated rings. The van der Waals surface area contributed by atoms with Gasteiger partial charge in [-0.3, -0.25) is 22.7 Å². The lowest BCUT2D eigenvalue weighted by Crippen LogP contribution is -2.45. The Labute approximate surface area is 268 Å². The molecule has 8 rings (SSSR count). The number of thiol groups is 2. The first-order chi connectivity index (χ1) is 22.0. The van der Waals surface area contributed by atoms with Crippen LogP contribution in [0, 0.1) is 0 Å². The molecule has 8 heterocycles. The second kappa shape index (κ2) is 11.0. The normalized spacial score (nSPS) is 39.9. The van der Waals surface area contributed by atoms with Gasteiger partial charge < -0.3 is 30.2 Å². The molecule has 4 aromatic heterocycles. The number of ether oxygens (including phenoxy) is 3. The van der Waals surface area contributed by atoms with E-state index in [2.05, 4.69) is 54.4 Å². The molecule has 0 unspecified atom stereocenters. The molecule has 0 aromatic carbocycles. The van der Waals surface area contributed by atoms with Crippen LogP contribution < -0.4 is 11.5 Å². The van der Waals surface area contributed by atoms with Gasteiger partial charge in [0.15, 0.2) is 41.6 Å². The number of alkyl halides is 1. The summed E-state index contributed by atoms with van der Waals surface area (Å²) in [4.78, 5) is 24.8. The average Bonchev–Trinajstić information content (AvgIpc) is 3.82. The number of aromatic nitrogens is 8. The van der Waals surface area contributed by atoms with E-state index in [9.17, 15) is 9.13 Å². The molecule has 0 spiro atoms. The Bertz CT molecular complexity index is 1940. The molecule has 0 radical (unpaired) electrons. The number of hydrogen-bond donors (Lipinski definition) is 4. The fourth-order valence-electron chi connectivity index (χ4n) is 6.08. The van der Waals surface area contributed by atoms with Gasteiger partial charge >= 0.3 is 13.6 Å². The van der Waals surface area contributed by atoms with E-state index in [1.165, 1.54) is 29.9 Å². The van der Waals surface area contributed by atoms with E-state index in [1.807, 2.05) is 0 Å². The maximum atomic E-state index is 16.0. The predicted molar refractivity (Wildman–Crippen MR) is 160 cm³/mol. The fourth-order valence-corrected chi connectivity index (χ4v) is 9.10. The number of fused-ring (bicyclic) bond motifs is 4. The highest BCUT2D eigenvalue weighted by molar-refractivity contribution is 8.44. The lowest BCUT2D eigenvalue weighted by atomic mass is 10.0. The number of imidazole rings is 2. The van der Waals surface area contributed by atoms with Crippen molar-refractivity contribution in [1.29, 1.82) is 0 Å². The third kappa shape index (κ3) is 5.02. The van der Waals surface area contributed by atoms with Crippen molar-refractivity contribution in [3.8, 4) is 0 Å². The minimum absolute atomic E-state index is 0.0902. The van der Waals surface area contributed by atoms with Gasteiger partial charge in [-0.1, -0.05) is 24.5 Å². The molecular weight excluding hydrogens is 693 g/mol. The van der Waals surface area contributed by atoms with Crippen LogP contribution in [0.25, 0.3) is 22.3 Å². The van der Waals surface area contributed by atoms with Gasteiger partial charge in [0.1, 0.15) is 47.6 Å². The van der Waals surface area contributed by atoms with Crippen LogP contribution in [0.2, 0.25) is 0 Å². The van der Waals surface area contributed by atoms with Crippen LogP contribution in [-0.2, 0) is 41.4 Å². The van der Waals surface area contributed by atoms with Crippen LogP contribution >= 0.6 is 38.1 Å². The molecule has 4 aliphatic rings. The summed E-state index contributed by atoms with van der Waals surface area (Å²) in [6.07, 6.45) is -3.69. The molecular formula is C22H25FN10O9P2S2. The van der Waals surface area contributed by atoms with E-state index < -0.39 is 68.8 Å². The van der Waals surface area contributed by atoms with Crippen molar-refractivity contribution in [3.63, 3.8) is 0 Å². The standard InChI is InChI=1S/C22H25FN10O9P2S2/c23-10-9-1-2-37-43(34,45)42-15-14-21(33-8-31-12-17(25)27-6-29-19(12)33)40-22(15,3-36-14)4-38-44(35,46)41-13(10)20(39-9)32-7-30-11-16(24)26-5-28-18(11)32/h5-10,13-15,20-21H,1-4H2,(H,34,45)(H,35,46)(H2,24,26,28)(H2,25,27,29)/t9-,10-,13-,14-,15+,20-,21-,22-,43-,44-/m1/s1. The second-order valence-electron chi connectivity index (χ2n) is 11.0. The molecule has 0 aliphatic carbocycles. The zero-order valence-electron chi connectivity index (χ0n) is 23.3. The van der Waals surface area contributed by atoms with Gasteiger partial charge in [0.05, 0.1) is 38.6 Å². The number of hydrogen-bond acceptors (Lipinski definition) is 17. The Morgan fingerprint density at radius 1 is 0.848 bits per heavy atom. The number of nitrogen functional groups attached to an aromatic ring is 2. The summed E-state index contributed by atoms with van der Waals surface area (Å²) >= 11 is 8.33. The van der Waals surface area contributed by atoms with Crippen molar-refractivity contribution in [3.05, 3.63) is 25.3 Å². The Kier molecular flexibility index (Phi) is 7.39. The van der Waals surface area contributed by atoms with Crippen molar-refractivity contribution in [2.75, 3.05) is 31.3 Å². The largest absolute Gasteiger partial charge is 0.386 e. The van der Waals surface area contributed by atoms with Gasteiger partial charge in [-0.15, -0.1) is 0 Å². The van der Waals surface area contributed by atoms with E-state index in [-0.39, 0.29) is 42.4 Å². The first-order valence-electron chi connectivity index (χ1n) is 13.7. The number of nitrogens with zero attached hydrogens (tertiary/aromatic N) is 8. The molecule has 0 amide bonds. The van der Waals surface area contributed by atoms with Gasteiger partial charge in [0.2, 0.25) is 0 Å². The monoisotopic (exact) mass is 718 g/mol. The quantitative estimate of drug-likeness (QED) is 0.171.